The highest BCUT2D eigenvalue weighted by Crippen LogP contribution is 2.56. The highest BCUT2D eigenvalue weighted by molar-refractivity contribution is 8.29. The number of fused-ring (bicyclic) bond motifs is 1. The average molecular weight is 575 g/mol. The molecule has 0 atom stereocenters. The van der Waals surface area contributed by atoms with Crippen molar-refractivity contribution in [2.75, 3.05) is 24.4 Å². The number of benzene rings is 2. The van der Waals surface area contributed by atoms with E-state index in [9.17, 15) is 14.4 Å². The van der Waals surface area contributed by atoms with Crippen molar-refractivity contribution in [1.29, 1.82) is 0 Å². The van der Waals surface area contributed by atoms with Crippen molar-refractivity contribution >= 4 is 87.1 Å². The molecule has 2 amide bonds. The zero-order valence-electron chi connectivity index (χ0n) is 20.6. The van der Waals surface area contributed by atoms with E-state index in [-0.39, 0.29) is 15.8 Å². The molecule has 0 bridgehead atoms. The quantitative estimate of drug-likeness (QED) is 0.251. The van der Waals surface area contributed by atoms with Crippen LogP contribution >= 0.6 is 47.3 Å². The van der Waals surface area contributed by atoms with Crippen LogP contribution in [0.2, 0.25) is 5.02 Å². The van der Waals surface area contributed by atoms with Crippen molar-refractivity contribution in [3.05, 3.63) is 72.7 Å². The fourth-order valence-electron chi connectivity index (χ4n) is 3.97. The van der Waals surface area contributed by atoms with E-state index in [1.54, 1.807) is 23.1 Å². The summed E-state index contributed by atoms with van der Waals surface area (Å²) >= 11 is 14.5. The van der Waals surface area contributed by atoms with Gasteiger partial charge < -0.3 is 14.8 Å². The fraction of sp³-hybridized carbons (Fsp3) is 0.231. The van der Waals surface area contributed by atoms with Crippen LogP contribution in [0.3, 0.4) is 0 Å². The lowest BCUT2D eigenvalue weighted by molar-refractivity contribution is -0.138. The number of carbonyl (C=O) groups is 3. The molecule has 2 heterocycles. The van der Waals surface area contributed by atoms with E-state index in [4.69, 9.17) is 33.3 Å². The molecule has 0 saturated carbocycles. The van der Waals surface area contributed by atoms with Crippen molar-refractivity contribution < 1.29 is 23.9 Å². The minimum Gasteiger partial charge on any atom is -0.465 e. The summed E-state index contributed by atoms with van der Waals surface area (Å²) in [5, 5.41) is 3.40. The predicted octanol–water partition coefficient (Wildman–Crippen LogP) is 6.56. The largest absolute Gasteiger partial charge is 0.465 e. The molecule has 0 saturated heterocycles. The molecule has 2 aliphatic rings. The number of esters is 2. The molecule has 2 aliphatic heterocycles. The lowest BCUT2D eigenvalue weighted by Gasteiger charge is -2.45. The number of nitrogens with zero attached hydrogens (tertiary/aromatic N) is 1. The molecule has 1 N–H and O–H groups in total. The van der Waals surface area contributed by atoms with Gasteiger partial charge in [0, 0.05) is 21.8 Å². The Hall–Kier alpha value is -2.79. The summed E-state index contributed by atoms with van der Waals surface area (Å²) in [5.41, 5.74) is 2.59. The van der Waals surface area contributed by atoms with Gasteiger partial charge in [-0.3, -0.25) is 4.90 Å². The molecule has 7 nitrogen and oxygen atoms in total. The highest BCUT2D eigenvalue weighted by atomic mass is 35.5. The minimum atomic E-state index is -0.951. The van der Waals surface area contributed by atoms with E-state index in [1.165, 1.54) is 14.2 Å². The molecule has 11 heteroatoms. The van der Waals surface area contributed by atoms with Gasteiger partial charge in [0.05, 0.1) is 34.5 Å². The number of amides is 2. The second-order valence-electron chi connectivity index (χ2n) is 8.69. The fourth-order valence-corrected chi connectivity index (χ4v) is 7.18. The Morgan fingerprint density at radius 3 is 2.08 bits per heavy atom. The molecular formula is C26H23ClN2O5S3. The van der Waals surface area contributed by atoms with Gasteiger partial charge in [-0.15, -0.1) is 0 Å². The van der Waals surface area contributed by atoms with Gasteiger partial charge in [0.1, 0.15) is 9.81 Å². The van der Waals surface area contributed by atoms with E-state index >= 15 is 0 Å². The number of hydrogen-bond acceptors (Lipinski definition) is 8. The molecule has 2 aromatic carbocycles. The monoisotopic (exact) mass is 574 g/mol. The van der Waals surface area contributed by atoms with Gasteiger partial charge in [-0.2, -0.15) is 0 Å². The van der Waals surface area contributed by atoms with Gasteiger partial charge in [0.2, 0.25) is 0 Å². The smallest absolute Gasteiger partial charge is 0.346 e. The lowest BCUT2D eigenvalue weighted by atomic mass is 9.83. The molecule has 0 fully saturated rings. The summed E-state index contributed by atoms with van der Waals surface area (Å²) in [5.74, 6) is -1.31. The Morgan fingerprint density at radius 2 is 1.54 bits per heavy atom. The second-order valence-corrected chi connectivity index (χ2v) is 11.8. The predicted molar refractivity (Wildman–Crippen MR) is 154 cm³/mol. The average Bonchev–Trinajstić information content (AvgIpc) is 3.30. The number of anilines is 2. The normalized spacial score (nSPS) is 16.5. The molecule has 0 aromatic heterocycles. The van der Waals surface area contributed by atoms with Gasteiger partial charge in [0.25, 0.3) is 0 Å². The van der Waals surface area contributed by atoms with Gasteiger partial charge in [-0.05, 0) is 51.1 Å². The number of urea groups is 1. The Kier molecular flexibility index (Phi) is 7.75. The molecule has 0 spiro atoms. The summed E-state index contributed by atoms with van der Waals surface area (Å²) in [6.07, 6.45) is 0. The van der Waals surface area contributed by atoms with Crippen molar-refractivity contribution in [3.8, 4) is 0 Å². The van der Waals surface area contributed by atoms with Crippen molar-refractivity contribution in [3.63, 3.8) is 0 Å². The van der Waals surface area contributed by atoms with E-state index in [0.717, 1.165) is 29.1 Å². The minimum absolute atomic E-state index is 0.116. The first-order valence-electron chi connectivity index (χ1n) is 11.0. The maximum atomic E-state index is 13.6. The van der Waals surface area contributed by atoms with Crippen LogP contribution in [-0.2, 0) is 19.1 Å². The Labute approximate surface area is 233 Å². The number of ether oxygens (including phenoxy) is 2. The third-order valence-corrected chi connectivity index (χ3v) is 9.35. The topological polar surface area (TPSA) is 84.9 Å². The zero-order chi connectivity index (χ0) is 27.1. The molecule has 0 unspecified atom stereocenters. The molecular weight excluding hydrogens is 552 g/mol. The number of hydrogen-bond donors (Lipinski definition) is 1. The Balaban J connectivity index is 1.84. The third kappa shape index (κ3) is 5.03. The first-order valence-corrected chi connectivity index (χ1v) is 13.4. The molecule has 2 aromatic rings. The van der Waals surface area contributed by atoms with Crippen LogP contribution in [0.5, 0.6) is 0 Å². The van der Waals surface area contributed by atoms with Gasteiger partial charge in [0.15, 0.2) is 0 Å². The summed E-state index contributed by atoms with van der Waals surface area (Å²) < 4.78 is 10.4. The summed E-state index contributed by atoms with van der Waals surface area (Å²) in [6, 6.07) is 12.3. The number of aryl methyl sites for hydroxylation is 1. The maximum Gasteiger partial charge on any atom is 0.346 e. The van der Waals surface area contributed by atoms with Gasteiger partial charge in [-0.1, -0.05) is 65.0 Å². The van der Waals surface area contributed by atoms with Gasteiger partial charge in [-0.25, -0.2) is 14.4 Å². The van der Waals surface area contributed by atoms with Crippen molar-refractivity contribution in [1.82, 2.24) is 0 Å². The Morgan fingerprint density at radius 1 is 0.973 bits per heavy atom. The number of halogens is 1. The zero-order valence-corrected chi connectivity index (χ0v) is 23.8. The summed E-state index contributed by atoms with van der Waals surface area (Å²) in [4.78, 5) is 40.8. The second kappa shape index (κ2) is 10.5. The molecule has 0 radical (unpaired) electrons. The molecule has 4 rings (SSSR count). The molecule has 37 heavy (non-hydrogen) atoms. The number of nitrogens with one attached hydrogen (secondary N) is 1. The number of thioether (sulfide) groups is 2. The number of rotatable bonds is 3. The van der Waals surface area contributed by atoms with E-state index in [0.29, 0.717) is 36.6 Å². The van der Waals surface area contributed by atoms with Crippen LogP contribution in [0, 0.1) is 6.92 Å². The highest BCUT2D eigenvalue weighted by Gasteiger charge is 2.46. The molecule has 192 valence electrons. The van der Waals surface area contributed by atoms with Crippen LogP contribution in [0.1, 0.15) is 25.0 Å². The molecule has 0 aliphatic carbocycles. The van der Waals surface area contributed by atoms with E-state index in [2.05, 4.69) is 5.32 Å². The van der Waals surface area contributed by atoms with Crippen LogP contribution in [0.4, 0.5) is 16.2 Å². The maximum absolute atomic E-state index is 13.6. The van der Waals surface area contributed by atoms with Gasteiger partial charge >= 0.3 is 18.0 Å². The third-order valence-electron chi connectivity index (χ3n) is 5.86. The van der Waals surface area contributed by atoms with Crippen LogP contribution in [0.25, 0.3) is 5.57 Å². The number of methoxy groups -OCH3 is 2. The summed E-state index contributed by atoms with van der Waals surface area (Å²) in [7, 11) is 2.49. The van der Waals surface area contributed by atoms with Crippen molar-refractivity contribution in [2.24, 2.45) is 0 Å². The first kappa shape index (κ1) is 27.3. The SMILES string of the molecule is COC(=O)C1=C(C(=O)OC)SC(=C2C(=S)C(C)(C)N(C(=O)Nc3ccc(C)cc3)c3ccc(Cl)cc32)S1. The van der Waals surface area contributed by atoms with Crippen molar-refractivity contribution in [2.45, 2.75) is 26.3 Å². The van der Waals surface area contributed by atoms with E-state index in [1.807, 2.05) is 45.0 Å². The van der Waals surface area contributed by atoms with Crippen LogP contribution < -0.4 is 10.2 Å². The first-order chi connectivity index (χ1) is 17.5. The summed E-state index contributed by atoms with van der Waals surface area (Å²) in [6.45, 7) is 5.67. The number of carbonyl (C=O) groups excluding carboxylic acids is 3. The standard InChI is InChI=1S/C26H23ClN2O5S3/c1-13-6-9-15(10-7-13)28-25(32)29-17-11-8-14(27)12-16(17)18(21(35)26(29,2)3)24-36-19(22(30)33-4)20(37-24)23(31)34-5/h6-12H,1-5H3,(H,28,32). The van der Waals surface area contributed by atoms with Crippen LogP contribution in [0.15, 0.2) is 56.5 Å². The Bertz CT molecular complexity index is 1370. The van der Waals surface area contributed by atoms with E-state index < -0.39 is 17.5 Å². The number of thiocarbonyl (C=S) groups is 1. The van der Waals surface area contributed by atoms with Crippen LogP contribution in [-0.4, -0.2) is 42.6 Å². The lowest BCUT2D eigenvalue weighted by Crippen LogP contribution is -2.57.